The third-order valence-corrected chi connectivity index (χ3v) is 4.26. The molecule has 1 rings (SSSR count). The zero-order chi connectivity index (χ0) is 14.4. The molecule has 4 heteroatoms. The lowest BCUT2D eigenvalue weighted by molar-refractivity contribution is -0.149. The zero-order valence-corrected chi connectivity index (χ0v) is 12.4. The number of likely N-dealkylation sites (tertiary alicyclic amines) is 1. The van der Waals surface area contributed by atoms with Crippen LogP contribution in [0.15, 0.2) is 0 Å². The molecule has 1 amide bonds. The summed E-state index contributed by atoms with van der Waals surface area (Å²) in [5, 5.41) is 9.05. The van der Waals surface area contributed by atoms with E-state index < -0.39 is 5.97 Å². The Kier molecular flexibility index (Phi) is 6.32. The molecular formula is C15H27NO3. The Morgan fingerprint density at radius 2 is 2.05 bits per heavy atom. The summed E-state index contributed by atoms with van der Waals surface area (Å²) < 4.78 is 0. The Bertz CT molecular complexity index is 317. The van der Waals surface area contributed by atoms with Crippen LogP contribution in [-0.2, 0) is 9.59 Å². The maximum atomic E-state index is 12.5. The van der Waals surface area contributed by atoms with E-state index in [1.54, 1.807) is 0 Å². The summed E-state index contributed by atoms with van der Waals surface area (Å²) in [5.41, 5.74) is 0. The number of carboxylic acids is 1. The van der Waals surface area contributed by atoms with E-state index in [0.717, 1.165) is 25.7 Å². The summed E-state index contributed by atoms with van der Waals surface area (Å²) in [4.78, 5) is 25.4. The molecule has 0 aliphatic carbocycles. The molecule has 1 aliphatic rings. The molecule has 3 atom stereocenters. The number of carbonyl (C=O) groups is 2. The average molecular weight is 269 g/mol. The van der Waals surface area contributed by atoms with Crippen molar-refractivity contribution >= 4 is 11.9 Å². The molecule has 1 saturated heterocycles. The average Bonchev–Trinajstić information content (AvgIpc) is 2.39. The first-order valence-corrected chi connectivity index (χ1v) is 7.54. The number of rotatable bonds is 6. The van der Waals surface area contributed by atoms with E-state index in [1.807, 2.05) is 11.8 Å². The van der Waals surface area contributed by atoms with E-state index in [-0.39, 0.29) is 23.8 Å². The van der Waals surface area contributed by atoms with Gasteiger partial charge in [0.1, 0.15) is 0 Å². The van der Waals surface area contributed by atoms with E-state index >= 15 is 0 Å². The molecule has 3 unspecified atom stereocenters. The molecule has 19 heavy (non-hydrogen) atoms. The maximum absolute atomic E-state index is 12.5. The third-order valence-electron chi connectivity index (χ3n) is 4.26. The number of carbonyl (C=O) groups excluding carboxylic acids is 1. The minimum Gasteiger partial charge on any atom is -0.481 e. The first-order valence-electron chi connectivity index (χ1n) is 7.54. The van der Waals surface area contributed by atoms with Gasteiger partial charge in [-0.1, -0.05) is 26.7 Å². The lowest BCUT2D eigenvalue weighted by atomic mass is 9.89. The first-order chi connectivity index (χ1) is 9.01. The number of hydrogen-bond acceptors (Lipinski definition) is 2. The van der Waals surface area contributed by atoms with E-state index in [2.05, 4.69) is 13.8 Å². The molecule has 0 saturated carbocycles. The summed E-state index contributed by atoms with van der Waals surface area (Å²) in [6.07, 6.45) is 5.22. The van der Waals surface area contributed by atoms with Crippen LogP contribution in [0.25, 0.3) is 0 Å². The fraction of sp³-hybridized carbons (Fsp3) is 0.867. The molecule has 0 aromatic heterocycles. The van der Waals surface area contributed by atoms with Crippen LogP contribution in [0.5, 0.6) is 0 Å². The number of aliphatic carboxylic acids is 1. The van der Waals surface area contributed by atoms with Gasteiger partial charge in [-0.05, 0) is 32.6 Å². The Balaban J connectivity index is 2.59. The van der Waals surface area contributed by atoms with Gasteiger partial charge < -0.3 is 10.0 Å². The van der Waals surface area contributed by atoms with Crippen LogP contribution in [0, 0.1) is 11.8 Å². The van der Waals surface area contributed by atoms with Crippen LogP contribution in [0.1, 0.15) is 59.3 Å². The summed E-state index contributed by atoms with van der Waals surface area (Å²) >= 11 is 0. The second kappa shape index (κ2) is 7.51. The lowest BCUT2D eigenvalue weighted by Crippen LogP contribution is -2.48. The highest BCUT2D eigenvalue weighted by atomic mass is 16.4. The van der Waals surface area contributed by atoms with Gasteiger partial charge in [0.05, 0.1) is 5.92 Å². The van der Waals surface area contributed by atoms with Crippen molar-refractivity contribution in [1.29, 1.82) is 0 Å². The Hall–Kier alpha value is -1.06. The van der Waals surface area contributed by atoms with Crippen LogP contribution in [0.4, 0.5) is 0 Å². The largest absolute Gasteiger partial charge is 0.481 e. The SMILES string of the molecule is CCCCC(CC)C(=O)N1CCC(C(=O)O)CC1C. The number of amides is 1. The smallest absolute Gasteiger partial charge is 0.306 e. The maximum Gasteiger partial charge on any atom is 0.306 e. The van der Waals surface area contributed by atoms with Gasteiger partial charge in [0.15, 0.2) is 0 Å². The van der Waals surface area contributed by atoms with Crippen LogP contribution in [0.2, 0.25) is 0 Å². The molecule has 0 aromatic rings. The van der Waals surface area contributed by atoms with Crippen LogP contribution < -0.4 is 0 Å². The van der Waals surface area contributed by atoms with E-state index in [0.29, 0.717) is 19.4 Å². The molecule has 0 radical (unpaired) electrons. The molecule has 0 spiro atoms. The van der Waals surface area contributed by atoms with Gasteiger partial charge in [-0.25, -0.2) is 0 Å². The van der Waals surface area contributed by atoms with Gasteiger partial charge >= 0.3 is 5.97 Å². The summed E-state index contributed by atoms with van der Waals surface area (Å²) in [5.74, 6) is -0.664. The van der Waals surface area contributed by atoms with Gasteiger partial charge in [0, 0.05) is 18.5 Å². The molecule has 0 aromatic carbocycles. The van der Waals surface area contributed by atoms with E-state index in [9.17, 15) is 9.59 Å². The van der Waals surface area contributed by atoms with Crippen molar-refractivity contribution in [3.63, 3.8) is 0 Å². The van der Waals surface area contributed by atoms with Crippen molar-refractivity contribution in [3.8, 4) is 0 Å². The van der Waals surface area contributed by atoms with Gasteiger partial charge in [-0.2, -0.15) is 0 Å². The molecule has 1 fully saturated rings. The molecule has 0 bridgehead atoms. The molecular weight excluding hydrogens is 242 g/mol. The quantitative estimate of drug-likeness (QED) is 0.806. The number of unbranched alkanes of at least 4 members (excludes halogenated alkanes) is 1. The van der Waals surface area contributed by atoms with Crippen LogP contribution >= 0.6 is 0 Å². The van der Waals surface area contributed by atoms with Gasteiger partial charge in [-0.15, -0.1) is 0 Å². The zero-order valence-electron chi connectivity index (χ0n) is 12.4. The predicted octanol–water partition coefficient (Wildman–Crippen LogP) is 2.91. The predicted molar refractivity (Wildman–Crippen MR) is 74.8 cm³/mol. The fourth-order valence-corrected chi connectivity index (χ4v) is 2.91. The van der Waals surface area contributed by atoms with Crippen LogP contribution in [0.3, 0.4) is 0 Å². The van der Waals surface area contributed by atoms with Crippen molar-refractivity contribution in [2.45, 2.75) is 65.3 Å². The monoisotopic (exact) mass is 269 g/mol. The normalized spacial score (nSPS) is 25.1. The van der Waals surface area contributed by atoms with E-state index in [4.69, 9.17) is 5.11 Å². The third kappa shape index (κ3) is 4.22. The topological polar surface area (TPSA) is 57.6 Å². The minimum absolute atomic E-state index is 0.0537. The molecule has 4 nitrogen and oxygen atoms in total. The number of nitrogens with zero attached hydrogens (tertiary/aromatic N) is 1. The fourth-order valence-electron chi connectivity index (χ4n) is 2.91. The molecule has 1 heterocycles. The standard InChI is InChI=1S/C15H27NO3/c1-4-6-7-12(5-2)14(17)16-9-8-13(15(18)19)10-11(16)3/h11-13H,4-10H2,1-3H3,(H,18,19). The van der Waals surface area contributed by atoms with Gasteiger partial charge in [0.25, 0.3) is 0 Å². The van der Waals surface area contributed by atoms with Gasteiger partial charge in [-0.3, -0.25) is 9.59 Å². The number of hydrogen-bond donors (Lipinski definition) is 1. The van der Waals surface area contributed by atoms with Crippen molar-refractivity contribution in [1.82, 2.24) is 4.90 Å². The number of piperidine rings is 1. The Morgan fingerprint density at radius 3 is 2.53 bits per heavy atom. The van der Waals surface area contributed by atoms with Crippen molar-refractivity contribution in [3.05, 3.63) is 0 Å². The lowest BCUT2D eigenvalue weighted by Gasteiger charge is -2.38. The Labute approximate surface area is 116 Å². The summed E-state index contributed by atoms with van der Waals surface area (Å²) in [6, 6.07) is 0.0537. The number of carboxylic acid groups (broad SMARTS) is 1. The van der Waals surface area contributed by atoms with Crippen molar-refractivity contribution in [2.24, 2.45) is 11.8 Å². The first kappa shape index (κ1) is 16.0. The van der Waals surface area contributed by atoms with E-state index in [1.165, 1.54) is 0 Å². The second-order valence-electron chi connectivity index (χ2n) is 5.69. The van der Waals surface area contributed by atoms with Gasteiger partial charge in [0.2, 0.25) is 5.91 Å². The summed E-state index contributed by atoms with van der Waals surface area (Å²) in [6.45, 7) is 6.77. The Morgan fingerprint density at radius 1 is 1.37 bits per heavy atom. The second-order valence-corrected chi connectivity index (χ2v) is 5.69. The minimum atomic E-state index is -0.725. The summed E-state index contributed by atoms with van der Waals surface area (Å²) in [7, 11) is 0. The highest BCUT2D eigenvalue weighted by Crippen LogP contribution is 2.26. The van der Waals surface area contributed by atoms with Crippen molar-refractivity contribution < 1.29 is 14.7 Å². The molecule has 110 valence electrons. The highest BCUT2D eigenvalue weighted by molar-refractivity contribution is 5.79. The highest BCUT2D eigenvalue weighted by Gasteiger charge is 2.34. The molecule has 1 N–H and O–H groups in total. The van der Waals surface area contributed by atoms with Crippen molar-refractivity contribution in [2.75, 3.05) is 6.54 Å². The molecule has 1 aliphatic heterocycles. The van der Waals surface area contributed by atoms with Crippen LogP contribution in [-0.4, -0.2) is 34.5 Å².